The zero-order chi connectivity index (χ0) is 30.3. The van der Waals surface area contributed by atoms with Crippen LogP contribution in [0.25, 0.3) is 0 Å². The zero-order valence-electron chi connectivity index (χ0n) is 25.7. The maximum Gasteiger partial charge on any atom is 0.315 e. The Morgan fingerprint density at radius 1 is 0.977 bits per heavy atom. The molecule has 3 N–H and O–H groups in total. The summed E-state index contributed by atoms with van der Waals surface area (Å²) in [6.07, 6.45) is 10.5. The minimum atomic E-state index is -0.526. The van der Waals surface area contributed by atoms with Crippen LogP contribution < -0.4 is 10.6 Å². The average molecular weight is 617 g/mol. The molecule has 0 unspecified atom stereocenters. The number of imidazole rings is 1. The second kappa shape index (κ2) is 12.5. The van der Waals surface area contributed by atoms with Gasteiger partial charge in [-0.15, -0.1) is 0 Å². The summed E-state index contributed by atoms with van der Waals surface area (Å²) in [5.41, 5.74) is 3.94. The fraction of sp³-hybridized carbons (Fsp3) is 0.543. The molecule has 234 valence electrons. The quantitative estimate of drug-likeness (QED) is 0.246. The van der Waals surface area contributed by atoms with Crippen molar-refractivity contribution in [2.24, 2.45) is 30.7 Å². The number of benzene rings is 2. The summed E-state index contributed by atoms with van der Waals surface area (Å²) in [6, 6.07) is 16.1. The Labute approximate surface area is 264 Å². The van der Waals surface area contributed by atoms with Gasteiger partial charge in [0.2, 0.25) is 0 Å². The number of rotatable bonds is 9. The van der Waals surface area contributed by atoms with Crippen LogP contribution in [0.3, 0.4) is 0 Å². The van der Waals surface area contributed by atoms with Crippen molar-refractivity contribution in [1.29, 1.82) is 0 Å². The van der Waals surface area contributed by atoms with E-state index in [1.807, 2.05) is 72.5 Å². The van der Waals surface area contributed by atoms with Crippen LogP contribution in [0.4, 0.5) is 4.79 Å². The normalized spacial score (nSPS) is 32.5. The monoisotopic (exact) mass is 616 g/mol. The van der Waals surface area contributed by atoms with Crippen LogP contribution in [0.2, 0.25) is 0 Å². The molecule has 2 amide bonds. The highest BCUT2D eigenvalue weighted by molar-refractivity contribution is 7.99. The van der Waals surface area contributed by atoms with E-state index >= 15 is 0 Å². The van der Waals surface area contributed by atoms with Crippen LogP contribution in [0.1, 0.15) is 80.1 Å². The number of hydrogen-bond acceptors (Lipinski definition) is 6. The molecule has 3 aromatic rings. The molecule has 5 aliphatic rings. The van der Waals surface area contributed by atoms with Crippen molar-refractivity contribution in [3.8, 4) is 0 Å². The van der Waals surface area contributed by atoms with Gasteiger partial charge in [0.15, 0.2) is 11.4 Å². The van der Waals surface area contributed by atoms with Crippen LogP contribution >= 0.6 is 11.8 Å². The maximum absolute atomic E-state index is 13.0. The van der Waals surface area contributed by atoms with Gasteiger partial charge >= 0.3 is 6.03 Å². The van der Waals surface area contributed by atoms with E-state index in [9.17, 15) is 9.90 Å². The lowest BCUT2D eigenvalue weighted by Crippen LogP contribution is -2.61. The van der Waals surface area contributed by atoms with Gasteiger partial charge < -0.3 is 29.8 Å². The number of urea groups is 1. The van der Waals surface area contributed by atoms with E-state index in [0.29, 0.717) is 6.54 Å². The minimum absolute atomic E-state index is 0.00949. The van der Waals surface area contributed by atoms with Crippen molar-refractivity contribution < 1.29 is 19.4 Å². The van der Waals surface area contributed by atoms with Gasteiger partial charge in [-0.25, -0.2) is 9.78 Å². The standard InChI is InChI=1S/C35H44N4O4S/c1-22-30(21-44-34-36-11-12-39(34)2)42-32(43-31(22)28-7-5-24(20-40)6-8-28)29-9-3-23(4-10-29)19-37-33(41)38-35-16-25-13-26(17-35)15-27(14-25)18-35/h3-12,22,25-27,30-32,40H,13-21H2,1-2H3,(H2,37,38,41)/t22-,25?,26?,27?,30+,31+,32+,35?/m0/s1. The van der Waals surface area contributed by atoms with Gasteiger partial charge in [0.25, 0.3) is 0 Å². The van der Waals surface area contributed by atoms with Gasteiger partial charge in [0.05, 0.1) is 18.8 Å². The van der Waals surface area contributed by atoms with Crippen LogP contribution in [-0.4, -0.2) is 38.1 Å². The van der Waals surface area contributed by atoms with Gasteiger partial charge in [-0.05, 0) is 73.0 Å². The predicted molar refractivity (Wildman–Crippen MR) is 170 cm³/mol. The number of ether oxygens (including phenoxy) is 2. The molecule has 1 saturated heterocycles. The van der Waals surface area contributed by atoms with Crippen molar-refractivity contribution in [3.63, 3.8) is 0 Å². The lowest BCUT2D eigenvalue weighted by Gasteiger charge is -2.56. The Bertz CT molecular complexity index is 1410. The summed E-state index contributed by atoms with van der Waals surface area (Å²) in [5.74, 6) is 3.25. The summed E-state index contributed by atoms with van der Waals surface area (Å²) in [6.45, 7) is 2.67. The minimum Gasteiger partial charge on any atom is -0.392 e. The average Bonchev–Trinajstić information content (AvgIpc) is 3.43. The molecular weight excluding hydrogens is 572 g/mol. The van der Waals surface area contributed by atoms with Crippen molar-refractivity contribution >= 4 is 17.8 Å². The number of thioether (sulfide) groups is 1. The summed E-state index contributed by atoms with van der Waals surface area (Å²) in [7, 11) is 2.00. The van der Waals surface area contributed by atoms with Crippen LogP contribution in [0.15, 0.2) is 66.1 Å². The highest BCUT2D eigenvalue weighted by Gasteiger charge is 2.51. The zero-order valence-corrected chi connectivity index (χ0v) is 26.5. The van der Waals surface area contributed by atoms with Crippen LogP contribution in [-0.2, 0) is 29.7 Å². The Morgan fingerprint density at radius 3 is 2.23 bits per heavy atom. The number of nitrogens with one attached hydrogen (secondary N) is 2. The molecule has 0 spiro atoms. The number of carbonyl (C=O) groups is 1. The molecule has 4 bridgehead atoms. The lowest BCUT2D eigenvalue weighted by molar-refractivity contribution is -0.268. The first kappa shape index (κ1) is 29.8. The predicted octanol–water partition coefficient (Wildman–Crippen LogP) is 6.26. The van der Waals surface area contributed by atoms with Gasteiger partial charge in [0, 0.05) is 48.8 Å². The molecule has 8 nitrogen and oxygen atoms in total. The Hall–Kier alpha value is -2.85. The third-order valence-electron chi connectivity index (χ3n) is 10.4. The molecule has 9 heteroatoms. The maximum atomic E-state index is 13.0. The number of aryl methyl sites for hydroxylation is 1. The van der Waals surface area contributed by atoms with Gasteiger partial charge in [-0.1, -0.05) is 67.2 Å². The fourth-order valence-corrected chi connectivity index (χ4v) is 9.58. The van der Waals surface area contributed by atoms with E-state index < -0.39 is 6.29 Å². The van der Waals surface area contributed by atoms with Crippen LogP contribution in [0.5, 0.6) is 0 Å². The third kappa shape index (κ3) is 6.29. The number of carbonyl (C=O) groups excluding carboxylic acids is 1. The molecule has 4 aliphatic carbocycles. The molecule has 1 aromatic heterocycles. The first-order valence-corrected chi connectivity index (χ1v) is 17.1. The number of nitrogens with zero attached hydrogens (tertiary/aromatic N) is 2. The Balaban J connectivity index is 1.00. The smallest absolute Gasteiger partial charge is 0.315 e. The van der Waals surface area contributed by atoms with Crippen LogP contribution in [0, 0.1) is 23.7 Å². The number of hydrogen-bond donors (Lipinski definition) is 3. The van der Waals surface area contributed by atoms with Crippen molar-refractivity contribution in [2.45, 2.75) is 87.8 Å². The summed E-state index contributed by atoms with van der Waals surface area (Å²) in [5, 5.41) is 17.0. The second-order valence-electron chi connectivity index (χ2n) is 13.7. The Morgan fingerprint density at radius 2 is 1.61 bits per heavy atom. The van der Waals surface area contributed by atoms with E-state index in [1.165, 1.54) is 19.3 Å². The molecule has 0 radical (unpaired) electrons. The summed E-state index contributed by atoms with van der Waals surface area (Å²) in [4.78, 5) is 17.4. The van der Waals surface area contributed by atoms with Gasteiger partial charge in [-0.2, -0.15) is 0 Å². The van der Waals surface area contributed by atoms with Crippen molar-refractivity contribution in [2.75, 3.05) is 5.75 Å². The molecule has 2 aromatic carbocycles. The molecule has 4 atom stereocenters. The fourth-order valence-electron chi connectivity index (χ4n) is 8.48. The molecular formula is C35H44N4O4S. The van der Waals surface area contributed by atoms with E-state index in [0.717, 1.165) is 70.2 Å². The molecule has 2 heterocycles. The first-order valence-electron chi connectivity index (χ1n) is 16.1. The van der Waals surface area contributed by atoms with E-state index in [4.69, 9.17) is 9.47 Å². The first-order chi connectivity index (χ1) is 21.4. The number of aliphatic hydroxyl groups is 1. The number of amides is 2. The third-order valence-corrected chi connectivity index (χ3v) is 11.5. The second-order valence-corrected chi connectivity index (χ2v) is 14.7. The topological polar surface area (TPSA) is 97.6 Å². The summed E-state index contributed by atoms with van der Waals surface area (Å²) < 4.78 is 15.2. The van der Waals surface area contributed by atoms with E-state index in [1.54, 1.807) is 11.8 Å². The van der Waals surface area contributed by atoms with E-state index in [2.05, 4.69) is 22.5 Å². The molecule has 5 fully saturated rings. The largest absolute Gasteiger partial charge is 0.392 e. The highest BCUT2D eigenvalue weighted by atomic mass is 32.2. The van der Waals surface area contributed by atoms with Gasteiger partial charge in [-0.3, -0.25) is 0 Å². The SMILES string of the molecule is C[C@H]1[C@@H](CSc2nccn2C)O[C@@H](c2ccc(CNC(=O)NC34CC5CC(CC(C5)C3)C4)cc2)O[C@H]1c1ccc(CO)cc1. The Kier molecular flexibility index (Phi) is 8.48. The number of aromatic nitrogens is 2. The lowest BCUT2D eigenvalue weighted by atomic mass is 9.53. The van der Waals surface area contributed by atoms with Crippen molar-refractivity contribution in [3.05, 3.63) is 83.2 Å². The highest BCUT2D eigenvalue weighted by Crippen LogP contribution is 2.55. The summed E-state index contributed by atoms with van der Waals surface area (Å²) >= 11 is 1.69. The molecule has 44 heavy (non-hydrogen) atoms. The number of aliphatic hydroxyl groups excluding tert-OH is 1. The molecule has 8 rings (SSSR count). The van der Waals surface area contributed by atoms with Gasteiger partial charge in [0.1, 0.15) is 0 Å². The molecule has 1 aliphatic heterocycles. The van der Waals surface area contributed by atoms with Crippen molar-refractivity contribution in [1.82, 2.24) is 20.2 Å². The molecule has 4 saturated carbocycles. The van der Waals surface area contributed by atoms with E-state index in [-0.39, 0.29) is 36.3 Å².